The van der Waals surface area contributed by atoms with Crippen molar-refractivity contribution in [3.05, 3.63) is 65.7 Å². The molecule has 2 aromatic carbocycles. The Bertz CT molecular complexity index is 964. The van der Waals surface area contributed by atoms with Crippen molar-refractivity contribution in [2.45, 2.75) is 4.90 Å². The van der Waals surface area contributed by atoms with Gasteiger partial charge in [0.1, 0.15) is 0 Å². The van der Waals surface area contributed by atoms with Gasteiger partial charge in [-0.05, 0) is 24.3 Å². The molecule has 0 aliphatic carbocycles. The van der Waals surface area contributed by atoms with Crippen LogP contribution < -0.4 is 0 Å². The highest BCUT2D eigenvalue weighted by Crippen LogP contribution is 2.22. The number of carbonyl (C=O) groups excluding carboxylic acids is 2. The van der Waals surface area contributed by atoms with Crippen LogP contribution in [0.25, 0.3) is 0 Å². The number of nitrogens with zero attached hydrogens (tertiary/aromatic N) is 3. The van der Waals surface area contributed by atoms with E-state index in [1.807, 2.05) is 0 Å². The third-order valence-corrected chi connectivity index (χ3v) is 7.14. The number of fused-ring (bicyclic) bond motifs is 1. The third kappa shape index (κ3) is 3.34. The summed E-state index contributed by atoms with van der Waals surface area (Å²) in [5.41, 5.74) is 0.901. The van der Waals surface area contributed by atoms with E-state index < -0.39 is 10.0 Å². The quantitative estimate of drug-likeness (QED) is 0.708. The summed E-state index contributed by atoms with van der Waals surface area (Å²) in [4.78, 5) is 28.5. The highest BCUT2D eigenvalue weighted by molar-refractivity contribution is 7.89. The summed E-state index contributed by atoms with van der Waals surface area (Å²) >= 11 is 0. The molecule has 28 heavy (non-hydrogen) atoms. The Labute approximate surface area is 164 Å². The van der Waals surface area contributed by atoms with Crippen molar-refractivity contribution >= 4 is 21.8 Å². The second-order valence-electron chi connectivity index (χ2n) is 6.87. The Kier molecular flexibility index (Phi) is 5.01. The number of hydrogen-bond acceptors (Lipinski definition) is 5. The number of piperazine rings is 1. The zero-order chi connectivity index (χ0) is 19.7. The molecule has 8 heteroatoms. The molecule has 1 saturated heterocycles. The van der Waals surface area contributed by atoms with Gasteiger partial charge >= 0.3 is 0 Å². The maximum Gasteiger partial charge on any atom is 0.261 e. The lowest BCUT2D eigenvalue weighted by atomic mass is 10.1. The van der Waals surface area contributed by atoms with Gasteiger partial charge < -0.3 is 0 Å². The Morgan fingerprint density at radius 3 is 1.82 bits per heavy atom. The molecule has 0 spiro atoms. The maximum absolute atomic E-state index is 12.7. The molecule has 2 aliphatic heterocycles. The third-order valence-electron chi connectivity index (χ3n) is 5.23. The minimum atomic E-state index is -3.48. The van der Waals surface area contributed by atoms with E-state index in [1.54, 1.807) is 54.6 Å². The van der Waals surface area contributed by atoms with Crippen LogP contribution in [0.5, 0.6) is 0 Å². The lowest BCUT2D eigenvalue weighted by Gasteiger charge is -2.34. The molecule has 0 unspecified atom stereocenters. The molecular weight excluding hydrogens is 378 g/mol. The van der Waals surface area contributed by atoms with Crippen LogP contribution in [0.15, 0.2) is 59.5 Å². The first kappa shape index (κ1) is 18.8. The lowest BCUT2D eigenvalue weighted by Crippen LogP contribution is -2.50. The molecule has 0 N–H and O–H groups in total. The molecule has 2 aliphatic rings. The van der Waals surface area contributed by atoms with Gasteiger partial charge in [0.2, 0.25) is 10.0 Å². The topological polar surface area (TPSA) is 78.0 Å². The summed E-state index contributed by atoms with van der Waals surface area (Å²) in [6.07, 6.45) is 0. The van der Waals surface area contributed by atoms with Crippen molar-refractivity contribution < 1.29 is 18.0 Å². The fourth-order valence-corrected chi connectivity index (χ4v) is 5.06. The van der Waals surface area contributed by atoms with E-state index >= 15 is 0 Å². The van der Waals surface area contributed by atoms with E-state index in [2.05, 4.69) is 4.90 Å². The predicted octanol–water partition coefficient (Wildman–Crippen LogP) is 1.29. The fraction of sp³-hybridized carbons (Fsp3) is 0.300. The zero-order valence-electron chi connectivity index (χ0n) is 15.3. The van der Waals surface area contributed by atoms with Crippen molar-refractivity contribution in [3.8, 4) is 0 Å². The second-order valence-corrected chi connectivity index (χ2v) is 8.80. The van der Waals surface area contributed by atoms with Crippen LogP contribution in [0.2, 0.25) is 0 Å². The molecule has 0 bridgehead atoms. The fourth-order valence-electron chi connectivity index (χ4n) is 3.62. The second kappa shape index (κ2) is 7.46. The smallest absolute Gasteiger partial charge is 0.261 e. The Morgan fingerprint density at radius 2 is 1.25 bits per heavy atom. The lowest BCUT2D eigenvalue weighted by molar-refractivity contribution is 0.0628. The summed E-state index contributed by atoms with van der Waals surface area (Å²) in [5, 5.41) is 0. The molecule has 2 heterocycles. The SMILES string of the molecule is O=C1c2ccccc2C(=O)N1CCN1CCN(S(=O)(=O)c2ccccc2)CC1. The average molecular weight is 399 g/mol. The maximum atomic E-state index is 12.7. The van der Waals surface area contributed by atoms with Crippen molar-refractivity contribution in [1.82, 2.24) is 14.1 Å². The van der Waals surface area contributed by atoms with Gasteiger partial charge in [0.15, 0.2) is 0 Å². The zero-order valence-corrected chi connectivity index (χ0v) is 16.1. The molecule has 4 rings (SSSR count). The van der Waals surface area contributed by atoms with Gasteiger partial charge in [-0.3, -0.25) is 19.4 Å². The Hall–Kier alpha value is -2.55. The van der Waals surface area contributed by atoms with Crippen molar-refractivity contribution in [2.75, 3.05) is 39.3 Å². The summed E-state index contributed by atoms with van der Waals surface area (Å²) in [5.74, 6) is -0.517. The van der Waals surface area contributed by atoms with Crippen LogP contribution in [0.4, 0.5) is 0 Å². The summed E-state index contributed by atoms with van der Waals surface area (Å²) in [6, 6.07) is 15.3. The number of sulfonamides is 1. The van der Waals surface area contributed by atoms with Crippen LogP contribution in [-0.2, 0) is 10.0 Å². The summed E-state index contributed by atoms with van der Waals surface area (Å²) in [7, 11) is -3.48. The molecule has 146 valence electrons. The van der Waals surface area contributed by atoms with Gasteiger partial charge in [0.25, 0.3) is 11.8 Å². The molecule has 2 amide bonds. The molecule has 0 radical (unpaired) electrons. The van der Waals surface area contributed by atoms with Crippen molar-refractivity contribution in [2.24, 2.45) is 0 Å². The first-order valence-corrected chi connectivity index (χ1v) is 10.7. The van der Waals surface area contributed by atoms with Crippen LogP contribution >= 0.6 is 0 Å². The number of benzene rings is 2. The van der Waals surface area contributed by atoms with E-state index in [4.69, 9.17) is 0 Å². The van der Waals surface area contributed by atoms with Gasteiger partial charge in [-0.25, -0.2) is 8.42 Å². The van der Waals surface area contributed by atoms with Crippen molar-refractivity contribution in [1.29, 1.82) is 0 Å². The first-order chi connectivity index (χ1) is 13.5. The molecule has 0 atom stereocenters. The standard InChI is InChI=1S/C20H21N3O4S/c24-19-17-8-4-5-9-18(17)20(25)23(19)15-12-21-10-13-22(14-11-21)28(26,27)16-6-2-1-3-7-16/h1-9H,10-15H2. The van der Waals surface area contributed by atoms with E-state index in [9.17, 15) is 18.0 Å². The molecule has 7 nitrogen and oxygen atoms in total. The number of amides is 2. The molecule has 1 fully saturated rings. The Morgan fingerprint density at radius 1 is 0.714 bits per heavy atom. The number of hydrogen-bond donors (Lipinski definition) is 0. The first-order valence-electron chi connectivity index (χ1n) is 9.21. The minimum absolute atomic E-state index is 0.258. The van der Waals surface area contributed by atoms with E-state index in [-0.39, 0.29) is 11.8 Å². The van der Waals surface area contributed by atoms with E-state index in [0.717, 1.165) is 0 Å². The largest absolute Gasteiger partial charge is 0.299 e. The van der Waals surface area contributed by atoms with Crippen molar-refractivity contribution in [3.63, 3.8) is 0 Å². The molecular formula is C20H21N3O4S. The van der Waals surface area contributed by atoms with Gasteiger partial charge in [-0.15, -0.1) is 0 Å². The van der Waals surface area contributed by atoms with E-state index in [0.29, 0.717) is 55.3 Å². The highest BCUT2D eigenvalue weighted by atomic mass is 32.2. The number of imide groups is 1. The van der Waals surface area contributed by atoms with Crippen LogP contribution in [0, 0.1) is 0 Å². The van der Waals surface area contributed by atoms with Gasteiger partial charge in [-0.1, -0.05) is 30.3 Å². The van der Waals surface area contributed by atoms with Gasteiger partial charge in [0, 0.05) is 39.3 Å². The summed E-state index contributed by atoms with van der Waals surface area (Å²) < 4.78 is 26.9. The van der Waals surface area contributed by atoms with E-state index in [1.165, 1.54) is 9.21 Å². The molecule has 0 saturated carbocycles. The highest BCUT2D eigenvalue weighted by Gasteiger charge is 2.35. The molecule has 2 aromatic rings. The van der Waals surface area contributed by atoms with Gasteiger partial charge in [0.05, 0.1) is 16.0 Å². The van der Waals surface area contributed by atoms with Crippen LogP contribution in [-0.4, -0.2) is 73.6 Å². The predicted molar refractivity (Wildman–Crippen MR) is 103 cm³/mol. The Balaban J connectivity index is 1.34. The van der Waals surface area contributed by atoms with Crippen LogP contribution in [0.1, 0.15) is 20.7 Å². The normalized spacial score (nSPS) is 18.5. The van der Waals surface area contributed by atoms with Crippen LogP contribution in [0.3, 0.4) is 0 Å². The number of rotatable bonds is 5. The number of carbonyl (C=O) groups is 2. The average Bonchev–Trinajstić information content (AvgIpc) is 2.98. The molecule has 0 aromatic heterocycles. The van der Waals surface area contributed by atoms with Gasteiger partial charge in [-0.2, -0.15) is 4.31 Å². The minimum Gasteiger partial charge on any atom is -0.299 e. The summed E-state index contributed by atoms with van der Waals surface area (Å²) in [6.45, 7) is 2.74. The monoisotopic (exact) mass is 399 g/mol.